The van der Waals surface area contributed by atoms with Crippen molar-refractivity contribution in [2.45, 2.75) is 38.3 Å². The number of ether oxygens (including phenoxy) is 2. The van der Waals surface area contributed by atoms with Gasteiger partial charge in [0.1, 0.15) is 11.9 Å². The molecular weight excluding hydrogens is 353 g/mol. The molecule has 1 N–H and O–H groups in total. The molecule has 140 valence electrons. The van der Waals surface area contributed by atoms with Crippen LogP contribution < -0.4 is 4.74 Å². The predicted molar refractivity (Wildman–Crippen MR) is 75.5 cm³/mol. The van der Waals surface area contributed by atoms with E-state index < -0.39 is 36.7 Å². The van der Waals surface area contributed by atoms with Crippen molar-refractivity contribution >= 4 is 6.09 Å². The number of amides is 1. The average Bonchev–Trinajstić information content (AvgIpc) is 2.93. The fourth-order valence-corrected chi connectivity index (χ4v) is 2.37. The molecule has 0 bridgehead atoms. The molecule has 10 heteroatoms. The molecule has 5 nitrogen and oxygen atoms in total. The molecule has 0 aliphatic carbocycles. The van der Waals surface area contributed by atoms with Crippen molar-refractivity contribution in [3.8, 4) is 5.75 Å². The molecule has 1 heterocycles. The maximum Gasteiger partial charge on any atom is 0.416 e. The van der Waals surface area contributed by atoms with Crippen LogP contribution in [0.15, 0.2) is 18.2 Å². The summed E-state index contributed by atoms with van der Waals surface area (Å²) in [5.74, 6) is -0.0468. The summed E-state index contributed by atoms with van der Waals surface area (Å²) >= 11 is 0. The molecule has 25 heavy (non-hydrogen) atoms. The molecule has 1 unspecified atom stereocenters. The highest BCUT2D eigenvalue weighted by molar-refractivity contribution is 5.65. The third kappa shape index (κ3) is 5.45. The van der Waals surface area contributed by atoms with E-state index in [0.29, 0.717) is 19.4 Å². The lowest BCUT2D eigenvalue weighted by molar-refractivity contribution is -0.231. The Bertz CT molecular complexity index is 629. The Morgan fingerprint density at radius 1 is 1.32 bits per heavy atom. The second-order valence-corrected chi connectivity index (χ2v) is 5.67. The van der Waals surface area contributed by atoms with E-state index in [4.69, 9.17) is 9.84 Å². The van der Waals surface area contributed by atoms with Gasteiger partial charge in [-0.25, -0.2) is 4.79 Å². The second kappa shape index (κ2) is 7.03. The monoisotopic (exact) mass is 369 g/mol. The van der Waals surface area contributed by atoms with E-state index in [9.17, 15) is 26.7 Å². The van der Waals surface area contributed by atoms with Crippen molar-refractivity contribution in [1.29, 1.82) is 0 Å². The van der Waals surface area contributed by atoms with Crippen LogP contribution in [0.1, 0.15) is 24.5 Å². The van der Waals surface area contributed by atoms with Crippen molar-refractivity contribution in [3.63, 3.8) is 0 Å². The number of halogens is 5. The van der Waals surface area contributed by atoms with Gasteiger partial charge in [0.25, 0.3) is 0 Å². The summed E-state index contributed by atoms with van der Waals surface area (Å²) in [5, 5.41) is 8.89. The Morgan fingerprint density at radius 3 is 2.52 bits per heavy atom. The third-order valence-electron chi connectivity index (χ3n) is 3.58. The van der Waals surface area contributed by atoms with E-state index in [0.717, 1.165) is 17.0 Å². The third-order valence-corrected chi connectivity index (χ3v) is 3.58. The minimum absolute atomic E-state index is 0.0423. The van der Waals surface area contributed by atoms with E-state index in [-0.39, 0.29) is 24.4 Å². The van der Waals surface area contributed by atoms with Crippen molar-refractivity contribution in [3.05, 3.63) is 29.3 Å². The molecule has 0 saturated carbocycles. The van der Waals surface area contributed by atoms with E-state index in [2.05, 4.69) is 4.74 Å². The fraction of sp³-hybridized carbons (Fsp3) is 0.533. The molecular formula is C15H16F5NO4. The number of alkyl halides is 5. The topological polar surface area (TPSA) is 59.0 Å². The van der Waals surface area contributed by atoms with Crippen LogP contribution in [-0.2, 0) is 17.5 Å². The fourth-order valence-electron chi connectivity index (χ4n) is 2.37. The first-order valence-electron chi connectivity index (χ1n) is 7.32. The highest BCUT2D eigenvalue weighted by atomic mass is 19.4. The Kier molecular flexibility index (Phi) is 5.40. The molecule has 1 atom stereocenters. The molecule has 1 aliphatic rings. The minimum Gasteiger partial charge on any atom is -0.488 e. The first-order valence-corrected chi connectivity index (χ1v) is 7.32. The molecule has 2 rings (SSSR count). The van der Waals surface area contributed by atoms with E-state index in [1.54, 1.807) is 0 Å². The van der Waals surface area contributed by atoms with Crippen LogP contribution in [0.5, 0.6) is 5.75 Å². The van der Waals surface area contributed by atoms with Crippen LogP contribution in [0.2, 0.25) is 0 Å². The van der Waals surface area contributed by atoms with Gasteiger partial charge in [-0.15, -0.1) is 0 Å². The van der Waals surface area contributed by atoms with Crippen molar-refractivity contribution in [2.75, 3.05) is 13.1 Å². The SMILES string of the molecule is CC(F)(F)OCc1cc(C(F)(F)F)ccc1OC1CCN(C(=O)O)C1. The van der Waals surface area contributed by atoms with Gasteiger partial charge in [-0.1, -0.05) is 0 Å². The molecule has 1 aromatic carbocycles. The van der Waals surface area contributed by atoms with Gasteiger partial charge in [0.05, 0.1) is 18.7 Å². The van der Waals surface area contributed by atoms with Gasteiger partial charge in [-0.3, -0.25) is 0 Å². The van der Waals surface area contributed by atoms with E-state index in [1.807, 2.05) is 0 Å². The molecule has 1 aromatic rings. The van der Waals surface area contributed by atoms with Crippen molar-refractivity contribution in [2.24, 2.45) is 0 Å². The summed E-state index contributed by atoms with van der Waals surface area (Å²) in [6, 6.07) is 2.48. The Balaban J connectivity index is 2.19. The number of hydrogen-bond acceptors (Lipinski definition) is 3. The standard InChI is InChI=1S/C15H16F5NO4/c1-14(16,17)24-8-9-6-10(15(18,19)20)2-3-12(9)25-11-4-5-21(7-11)13(22)23/h2-3,6,11H,4-5,7-8H2,1H3,(H,22,23). The molecule has 1 saturated heterocycles. The number of benzene rings is 1. The van der Waals surface area contributed by atoms with E-state index in [1.165, 1.54) is 0 Å². The van der Waals surface area contributed by atoms with Gasteiger partial charge in [0, 0.05) is 25.5 Å². The maximum absolute atomic E-state index is 12.9. The number of carboxylic acid groups (broad SMARTS) is 1. The van der Waals surface area contributed by atoms with Gasteiger partial charge in [-0.05, 0) is 18.2 Å². The van der Waals surface area contributed by atoms with Crippen LogP contribution in [0.25, 0.3) is 0 Å². The lowest BCUT2D eigenvalue weighted by Gasteiger charge is -2.19. The van der Waals surface area contributed by atoms with Gasteiger partial charge in [0.15, 0.2) is 0 Å². The number of rotatable bonds is 5. The summed E-state index contributed by atoms with van der Waals surface area (Å²) in [7, 11) is 0. The van der Waals surface area contributed by atoms with Crippen LogP contribution in [0.4, 0.5) is 26.7 Å². The number of carbonyl (C=O) groups is 1. The molecule has 1 amide bonds. The van der Waals surface area contributed by atoms with E-state index >= 15 is 0 Å². The van der Waals surface area contributed by atoms with Crippen molar-refractivity contribution in [1.82, 2.24) is 4.90 Å². The zero-order chi connectivity index (χ0) is 18.8. The van der Waals surface area contributed by atoms with Gasteiger partial charge in [0.2, 0.25) is 0 Å². The normalized spacial score (nSPS) is 18.5. The van der Waals surface area contributed by atoms with Gasteiger partial charge < -0.3 is 19.5 Å². The molecule has 0 aromatic heterocycles. The van der Waals surface area contributed by atoms with Gasteiger partial charge in [-0.2, -0.15) is 22.0 Å². The largest absolute Gasteiger partial charge is 0.488 e. The number of likely N-dealkylation sites (tertiary alicyclic amines) is 1. The molecule has 1 fully saturated rings. The zero-order valence-electron chi connectivity index (χ0n) is 13.1. The predicted octanol–water partition coefficient (Wildman–Crippen LogP) is 3.97. The summed E-state index contributed by atoms with van der Waals surface area (Å²) < 4.78 is 74.0. The highest BCUT2D eigenvalue weighted by Gasteiger charge is 2.33. The Labute approximate surface area is 139 Å². The van der Waals surface area contributed by atoms with Gasteiger partial charge >= 0.3 is 18.4 Å². The second-order valence-electron chi connectivity index (χ2n) is 5.67. The lowest BCUT2D eigenvalue weighted by atomic mass is 10.1. The summed E-state index contributed by atoms with van der Waals surface area (Å²) in [6.45, 7) is -0.0406. The highest BCUT2D eigenvalue weighted by Crippen LogP contribution is 2.34. The summed E-state index contributed by atoms with van der Waals surface area (Å²) in [4.78, 5) is 12.0. The average molecular weight is 369 g/mol. The van der Waals surface area contributed by atoms with Crippen LogP contribution in [0, 0.1) is 0 Å². The van der Waals surface area contributed by atoms with Crippen LogP contribution >= 0.6 is 0 Å². The number of hydrogen-bond donors (Lipinski definition) is 1. The lowest BCUT2D eigenvalue weighted by Crippen LogP contribution is -2.29. The minimum atomic E-state index is -4.64. The molecule has 0 spiro atoms. The molecule has 1 aliphatic heterocycles. The zero-order valence-corrected chi connectivity index (χ0v) is 13.1. The summed E-state index contributed by atoms with van der Waals surface area (Å²) in [5.41, 5.74) is -1.21. The first kappa shape index (κ1) is 19.2. The van der Waals surface area contributed by atoms with Crippen LogP contribution in [-0.4, -0.2) is 41.4 Å². The summed E-state index contributed by atoms with van der Waals surface area (Å²) in [6.07, 6.45) is -9.52. The van der Waals surface area contributed by atoms with Crippen LogP contribution in [0.3, 0.4) is 0 Å². The first-order chi connectivity index (χ1) is 11.5. The van der Waals surface area contributed by atoms with Crippen molar-refractivity contribution < 1.29 is 41.3 Å². The quantitative estimate of drug-likeness (QED) is 0.798. The molecule has 0 radical (unpaired) electrons. The Morgan fingerprint density at radius 2 is 2.00 bits per heavy atom. The Hall–Kier alpha value is -2.10. The number of nitrogens with zero attached hydrogens (tertiary/aromatic N) is 1. The smallest absolute Gasteiger partial charge is 0.416 e. The maximum atomic E-state index is 12.9.